The summed E-state index contributed by atoms with van der Waals surface area (Å²) in [6, 6.07) is 4.45. The third kappa shape index (κ3) is 2.73. The third-order valence-corrected chi connectivity index (χ3v) is 2.05. The first kappa shape index (κ1) is 11.0. The Morgan fingerprint density at radius 1 is 1.36 bits per heavy atom. The predicted octanol–water partition coefficient (Wildman–Crippen LogP) is 2.35. The summed E-state index contributed by atoms with van der Waals surface area (Å²) < 4.78 is 38.4. The zero-order valence-corrected chi connectivity index (χ0v) is 7.81. The summed E-state index contributed by atoms with van der Waals surface area (Å²) in [5, 5.41) is 0. The summed E-state index contributed by atoms with van der Waals surface area (Å²) in [5.41, 5.74) is 5.46. The lowest BCUT2D eigenvalue weighted by atomic mass is 10.0. The van der Waals surface area contributed by atoms with E-state index in [1.807, 2.05) is 0 Å². The van der Waals surface area contributed by atoms with Crippen molar-refractivity contribution in [1.29, 1.82) is 0 Å². The molecule has 0 bridgehead atoms. The third-order valence-electron chi connectivity index (χ3n) is 2.05. The Labute approximate surface area is 80.7 Å². The van der Waals surface area contributed by atoms with Crippen LogP contribution in [0.15, 0.2) is 24.3 Å². The molecular formula is C10H12F3N. The van der Waals surface area contributed by atoms with Crippen LogP contribution in [0.25, 0.3) is 0 Å². The number of halogens is 3. The quantitative estimate of drug-likeness (QED) is 0.801. The zero-order valence-electron chi connectivity index (χ0n) is 7.81. The van der Waals surface area contributed by atoms with Crippen LogP contribution in [0.5, 0.6) is 0 Å². The van der Waals surface area contributed by atoms with Gasteiger partial charge in [-0.25, -0.2) is 13.2 Å². The fourth-order valence-electron chi connectivity index (χ4n) is 1.08. The molecule has 0 aliphatic carbocycles. The van der Waals surface area contributed by atoms with Crippen molar-refractivity contribution in [3.63, 3.8) is 0 Å². The van der Waals surface area contributed by atoms with Gasteiger partial charge < -0.3 is 5.73 Å². The van der Waals surface area contributed by atoms with Gasteiger partial charge in [-0.05, 0) is 18.1 Å². The van der Waals surface area contributed by atoms with E-state index in [-0.39, 0.29) is 12.0 Å². The molecule has 0 aliphatic rings. The van der Waals surface area contributed by atoms with Crippen molar-refractivity contribution in [2.24, 2.45) is 5.73 Å². The second-order valence-electron chi connectivity index (χ2n) is 3.36. The Morgan fingerprint density at radius 2 is 1.93 bits per heavy atom. The number of nitrogens with two attached hydrogens (primary N) is 1. The second kappa shape index (κ2) is 4.00. The molecule has 14 heavy (non-hydrogen) atoms. The van der Waals surface area contributed by atoms with Crippen LogP contribution in [0.2, 0.25) is 0 Å². The number of hydrogen-bond acceptors (Lipinski definition) is 1. The Kier molecular flexibility index (Phi) is 3.16. The maximum atomic E-state index is 13.0. The van der Waals surface area contributed by atoms with Crippen LogP contribution in [-0.2, 0) is 6.42 Å². The van der Waals surface area contributed by atoms with Crippen molar-refractivity contribution in [1.82, 2.24) is 0 Å². The van der Waals surface area contributed by atoms with Gasteiger partial charge in [-0.2, -0.15) is 0 Å². The molecule has 0 saturated carbocycles. The zero-order chi connectivity index (χ0) is 10.8. The highest BCUT2D eigenvalue weighted by Gasteiger charge is 2.31. The first-order valence-corrected chi connectivity index (χ1v) is 4.28. The topological polar surface area (TPSA) is 26.0 Å². The lowest BCUT2D eigenvalue weighted by Gasteiger charge is -2.19. The van der Waals surface area contributed by atoms with Crippen LogP contribution >= 0.6 is 0 Å². The maximum Gasteiger partial charge on any atom is 0.260 e. The van der Waals surface area contributed by atoms with Crippen molar-refractivity contribution >= 4 is 0 Å². The number of hydrogen-bond donors (Lipinski definition) is 1. The highest BCUT2D eigenvalue weighted by molar-refractivity contribution is 5.18. The minimum atomic E-state index is -2.98. The van der Waals surface area contributed by atoms with Crippen molar-refractivity contribution in [2.45, 2.75) is 25.3 Å². The van der Waals surface area contributed by atoms with E-state index in [2.05, 4.69) is 0 Å². The molecule has 0 aliphatic heterocycles. The maximum absolute atomic E-state index is 13.0. The molecule has 1 aromatic carbocycles. The summed E-state index contributed by atoms with van der Waals surface area (Å²) >= 11 is 0. The molecule has 0 heterocycles. The van der Waals surface area contributed by atoms with Gasteiger partial charge in [0.1, 0.15) is 5.82 Å². The minimum Gasteiger partial charge on any atom is -0.322 e. The lowest BCUT2D eigenvalue weighted by molar-refractivity contribution is -0.00532. The Hall–Kier alpha value is -1.03. The molecule has 1 rings (SSSR count). The van der Waals surface area contributed by atoms with Crippen molar-refractivity contribution in [2.75, 3.05) is 0 Å². The van der Waals surface area contributed by atoms with Crippen LogP contribution in [0.3, 0.4) is 0 Å². The fourth-order valence-corrected chi connectivity index (χ4v) is 1.08. The average molecular weight is 203 g/mol. The van der Waals surface area contributed by atoms with Crippen LogP contribution in [0, 0.1) is 5.82 Å². The first-order chi connectivity index (χ1) is 6.41. The van der Waals surface area contributed by atoms with Crippen molar-refractivity contribution in [3.8, 4) is 0 Å². The van der Waals surface area contributed by atoms with Gasteiger partial charge in [-0.3, -0.25) is 0 Å². The Balaban J connectivity index is 2.75. The lowest BCUT2D eigenvalue weighted by Crippen LogP contribution is -2.40. The van der Waals surface area contributed by atoms with Gasteiger partial charge in [0.25, 0.3) is 5.92 Å². The summed E-state index contributed by atoms with van der Waals surface area (Å²) in [4.78, 5) is 0. The van der Waals surface area contributed by atoms with E-state index in [4.69, 9.17) is 5.73 Å². The molecule has 1 atom stereocenters. The van der Waals surface area contributed by atoms with E-state index in [1.165, 1.54) is 18.2 Å². The smallest absolute Gasteiger partial charge is 0.260 e. The van der Waals surface area contributed by atoms with E-state index in [0.717, 1.165) is 6.92 Å². The molecular weight excluding hydrogens is 191 g/mol. The Morgan fingerprint density at radius 3 is 2.43 bits per heavy atom. The highest BCUT2D eigenvalue weighted by atomic mass is 19.3. The molecule has 0 aromatic heterocycles. The van der Waals surface area contributed by atoms with Gasteiger partial charge >= 0.3 is 0 Å². The average Bonchev–Trinajstić information content (AvgIpc) is 2.07. The molecule has 1 nitrogen and oxygen atoms in total. The molecule has 0 spiro atoms. The fraction of sp³-hybridized carbons (Fsp3) is 0.400. The Bertz CT molecular complexity index is 306. The van der Waals surface area contributed by atoms with Gasteiger partial charge in [0.15, 0.2) is 0 Å². The highest BCUT2D eigenvalue weighted by Crippen LogP contribution is 2.20. The van der Waals surface area contributed by atoms with Crippen molar-refractivity contribution < 1.29 is 13.2 Å². The van der Waals surface area contributed by atoms with Gasteiger partial charge in [0.2, 0.25) is 0 Å². The molecule has 78 valence electrons. The number of rotatable bonds is 3. The van der Waals surface area contributed by atoms with Crippen LogP contribution in [-0.4, -0.2) is 12.0 Å². The second-order valence-corrected chi connectivity index (χ2v) is 3.36. The van der Waals surface area contributed by atoms with E-state index in [9.17, 15) is 13.2 Å². The molecule has 0 amide bonds. The predicted molar refractivity (Wildman–Crippen MR) is 48.7 cm³/mol. The molecule has 1 unspecified atom stereocenters. The molecule has 1 aromatic rings. The summed E-state index contributed by atoms with van der Waals surface area (Å²) in [7, 11) is 0. The molecule has 2 N–H and O–H groups in total. The van der Waals surface area contributed by atoms with Crippen LogP contribution in [0.1, 0.15) is 12.5 Å². The largest absolute Gasteiger partial charge is 0.322 e. The molecule has 0 radical (unpaired) electrons. The van der Waals surface area contributed by atoms with E-state index in [0.29, 0.717) is 0 Å². The first-order valence-electron chi connectivity index (χ1n) is 4.28. The van der Waals surface area contributed by atoms with Crippen molar-refractivity contribution in [3.05, 3.63) is 35.6 Å². The standard InChI is InChI=1S/C10H12F3N/c1-10(12,13)9(14)6-7-4-2-3-5-8(7)11/h2-5,9H,6,14H2,1H3. The number of benzene rings is 1. The van der Waals surface area contributed by atoms with Gasteiger partial charge in [-0.1, -0.05) is 18.2 Å². The van der Waals surface area contributed by atoms with Gasteiger partial charge in [0, 0.05) is 6.92 Å². The van der Waals surface area contributed by atoms with Crippen LogP contribution < -0.4 is 5.73 Å². The van der Waals surface area contributed by atoms with E-state index in [1.54, 1.807) is 6.07 Å². The van der Waals surface area contributed by atoms with Gasteiger partial charge in [0.05, 0.1) is 6.04 Å². The molecule has 0 fully saturated rings. The van der Waals surface area contributed by atoms with Gasteiger partial charge in [-0.15, -0.1) is 0 Å². The van der Waals surface area contributed by atoms with E-state index < -0.39 is 17.8 Å². The summed E-state index contributed by atoms with van der Waals surface area (Å²) in [6.07, 6.45) is -0.157. The van der Waals surface area contributed by atoms with E-state index >= 15 is 0 Å². The molecule has 4 heteroatoms. The SMILES string of the molecule is CC(F)(F)C(N)Cc1ccccc1F. The summed E-state index contributed by atoms with van der Waals surface area (Å²) in [5.74, 6) is -3.48. The molecule has 0 saturated heterocycles. The normalized spacial score (nSPS) is 14.1. The minimum absolute atomic E-state index is 0.157. The number of alkyl halides is 2. The van der Waals surface area contributed by atoms with Crippen LogP contribution in [0.4, 0.5) is 13.2 Å². The monoisotopic (exact) mass is 203 g/mol. The summed E-state index contributed by atoms with van der Waals surface area (Å²) in [6.45, 7) is 0.735.